The van der Waals surface area contributed by atoms with Crippen molar-refractivity contribution in [2.24, 2.45) is 0 Å². The fraction of sp³-hybridized carbons (Fsp3) is 0.588. The topological polar surface area (TPSA) is 72.2 Å². The van der Waals surface area contributed by atoms with Crippen molar-refractivity contribution in [3.8, 4) is 10.6 Å². The molecule has 132 valence electrons. The monoisotopic (exact) mass is 368 g/mol. The minimum atomic E-state index is -3.47. The molecule has 24 heavy (non-hydrogen) atoms. The minimum Gasteiger partial charge on any atom is -0.355 e. The van der Waals surface area contributed by atoms with Gasteiger partial charge in [-0.25, -0.2) is 13.1 Å². The first-order chi connectivity index (χ1) is 11.5. The van der Waals surface area contributed by atoms with Gasteiger partial charge in [-0.1, -0.05) is 37.3 Å². The summed E-state index contributed by atoms with van der Waals surface area (Å²) in [7, 11) is -3.47. The smallest absolute Gasteiger partial charge is 0.250 e. The Morgan fingerprint density at radius 1 is 1.12 bits per heavy atom. The van der Waals surface area contributed by atoms with E-state index in [1.54, 1.807) is 12.1 Å². The lowest BCUT2D eigenvalue weighted by atomic mass is 9.97. The van der Waals surface area contributed by atoms with Crippen LogP contribution in [0.15, 0.2) is 20.9 Å². The van der Waals surface area contributed by atoms with Crippen LogP contribution < -0.4 is 4.72 Å². The van der Waals surface area contributed by atoms with Crippen molar-refractivity contribution in [1.29, 1.82) is 0 Å². The first kappa shape index (κ1) is 17.6. The summed E-state index contributed by atoms with van der Waals surface area (Å²) in [5.74, 6) is 0.657. The molecule has 1 aliphatic carbocycles. The molecule has 0 saturated heterocycles. The Kier molecular flexibility index (Phi) is 5.42. The van der Waals surface area contributed by atoms with Crippen LogP contribution in [0, 0.1) is 13.8 Å². The molecule has 5 nitrogen and oxygen atoms in total. The summed E-state index contributed by atoms with van der Waals surface area (Å²) in [4.78, 5) is 0.797. The van der Waals surface area contributed by atoms with Gasteiger partial charge in [0, 0.05) is 11.6 Å². The summed E-state index contributed by atoms with van der Waals surface area (Å²) in [5, 5.41) is 3.94. The molecule has 2 aromatic rings. The van der Waals surface area contributed by atoms with E-state index in [2.05, 4.69) is 9.88 Å². The number of nitrogens with one attached hydrogen (secondary N) is 1. The second-order valence-corrected chi connectivity index (χ2v) is 9.53. The predicted molar refractivity (Wildman–Crippen MR) is 95.7 cm³/mol. The summed E-state index contributed by atoms with van der Waals surface area (Å²) in [6, 6.07) is 3.50. The lowest BCUT2D eigenvalue weighted by Gasteiger charge is -2.20. The van der Waals surface area contributed by atoms with Crippen LogP contribution in [0.25, 0.3) is 10.6 Å². The van der Waals surface area contributed by atoms with Gasteiger partial charge in [0.1, 0.15) is 4.21 Å². The normalized spacial score (nSPS) is 17.6. The second kappa shape index (κ2) is 7.37. The lowest BCUT2D eigenvalue weighted by molar-refractivity contribution is 0.427. The van der Waals surface area contributed by atoms with Crippen molar-refractivity contribution in [2.45, 2.75) is 69.0 Å². The van der Waals surface area contributed by atoms with E-state index in [9.17, 15) is 8.42 Å². The van der Waals surface area contributed by atoms with Gasteiger partial charge in [0.25, 0.3) is 0 Å². The van der Waals surface area contributed by atoms with Gasteiger partial charge in [0.2, 0.25) is 10.0 Å². The average molecular weight is 369 g/mol. The number of aryl methyl sites for hydroxylation is 1. The van der Waals surface area contributed by atoms with Crippen molar-refractivity contribution in [2.75, 3.05) is 0 Å². The van der Waals surface area contributed by atoms with Crippen LogP contribution in [0.3, 0.4) is 0 Å². The van der Waals surface area contributed by atoms with Gasteiger partial charge in [-0.05, 0) is 38.8 Å². The van der Waals surface area contributed by atoms with E-state index < -0.39 is 10.0 Å². The summed E-state index contributed by atoms with van der Waals surface area (Å²) >= 11 is 1.23. The Morgan fingerprint density at radius 3 is 2.42 bits per heavy atom. The Balaban J connectivity index is 1.76. The first-order valence-corrected chi connectivity index (χ1v) is 10.8. The molecule has 0 radical (unpaired) electrons. The zero-order valence-electron chi connectivity index (χ0n) is 14.2. The van der Waals surface area contributed by atoms with Gasteiger partial charge in [-0.2, -0.15) is 0 Å². The van der Waals surface area contributed by atoms with Crippen LogP contribution in [0.4, 0.5) is 0 Å². The van der Waals surface area contributed by atoms with E-state index >= 15 is 0 Å². The fourth-order valence-electron chi connectivity index (χ4n) is 3.08. The number of aromatic nitrogens is 1. The third kappa shape index (κ3) is 3.90. The molecule has 0 amide bonds. The maximum Gasteiger partial charge on any atom is 0.250 e. The molecule has 1 aliphatic rings. The van der Waals surface area contributed by atoms with Crippen molar-refractivity contribution in [1.82, 2.24) is 9.88 Å². The summed E-state index contributed by atoms with van der Waals surface area (Å²) in [6.07, 6.45) is 7.72. The van der Waals surface area contributed by atoms with Gasteiger partial charge in [0.15, 0.2) is 5.76 Å². The van der Waals surface area contributed by atoms with E-state index in [0.29, 0.717) is 9.97 Å². The van der Waals surface area contributed by atoms with Gasteiger partial charge < -0.3 is 4.52 Å². The van der Waals surface area contributed by atoms with Crippen molar-refractivity contribution < 1.29 is 12.9 Å². The molecule has 1 fully saturated rings. The Labute approximate surface area is 147 Å². The molecular formula is C17H24N2O3S2. The fourth-order valence-corrected chi connectivity index (χ4v) is 5.75. The van der Waals surface area contributed by atoms with Crippen molar-refractivity contribution in [3.63, 3.8) is 0 Å². The van der Waals surface area contributed by atoms with Crippen LogP contribution in [0.2, 0.25) is 0 Å². The highest BCUT2D eigenvalue weighted by molar-refractivity contribution is 7.91. The quantitative estimate of drug-likeness (QED) is 0.867. The highest BCUT2D eigenvalue weighted by Gasteiger charge is 2.23. The molecule has 1 N–H and O–H groups in total. The van der Waals surface area contributed by atoms with Crippen molar-refractivity contribution >= 4 is 21.4 Å². The number of nitrogens with zero attached hydrogens (tertiary/aromatic N) is 1. The van der Waals surface area contributed by atoms with Crippen LogP contribution in [-0.2, 0) is 10.0 Å². The van der Waals surface area contributed by atoms with Gasteiger partial charge in [-0.3, -0.25) is 0 Å². The number of sulfonamides is 1. The third-order valence-electron chi connectivity index (χ3n) is 4.65. The van der Waals surface area contributed by atoms with E-state index in [1.165, 1.54) is 30.6 Å². The summed E-state index contributed by atoms with van der Waals surface area (Å²) < 4.78 is 33.9. The lowest BCUT2D eigenvalue weighted by Crippen LogP contribution is -2.34. The van der Waals surface area contributed by atoms with Crippen LogP contribution >= 0.6 is 11.3 Å². The zero-order valence-corrected chi connectivity index (χ0v) is 15.8. The molecule has 1 saturated carbocycles. The zero-order chi connectivity index (χ0) is 17.2. The molecule has 7 heteroatoms. The molecular weight excluding hydrogens is 344 g/mol. The third-order valence-corrected chi connectivity index (χ3v) is 7.75. The van der Waals surface area contributed by atoms with Crippen LogP contribution in [0.1, 0.15) is 56.2 Å². The van der Waals surface area contributed by atoms with Gasteiger partial charge in [0.05, 0.1) is 10.6 Å². The molecule has 0 bridgehead atoms. The van der Waals surface area contributed by atoms with Crippen LogP contribution in [0.5, 0.6) is 0 Å². The molecule has 3 rings (SSSR count). The Morgan fingerprint density at radius 2 is 1.79 bits per heavy atom. The molecule has 0 aliphatic heterocycles. The number of rotatable bonds is 4. The number of hydrogen-bond acceptors (Lipinski definition) is 5. The minimum absolute atomic E-state index is 0.0510. The van der Waals surface area contributed by atoms with E-state index in [4.69, 9.17) is 4.52 Å². The standard InChI is InChI=1S/C17H24N2O3S2/c1-12-13(2)18-22-17(12)15-10-11-16(23-15)24(20,21)19-14-8-6-4-3-5-7-9-14/h10-11,14,19H,3-9H2,1-2H3. The highest BCUT2D eigenvalue weighted by Crippen LogP contribution is 2.34. The highest BCUT2D eigenvalue weighted by atomic mass is 32.2. The molecule has 0 unspecified atom stereocenters. The average Bonchev–Trinajstić information content (AvgIpc) is 3.11. The SMILES string of the molecule is Cc1noc(-c2ccc(S(=O)(=O)NC3CCCCCCC3)s2)c1C. The predicted octanol–water partition coefficient (Wildman–Crippen LogP) is 4.41. The number of thiophene rings is 1. The van der Waals surface area contributed by atoms with E-state index in [-0.39, 0.29) is 6.04 Å². The first-order valence-electron chi connectivity index (χ1n) is 8.53. The maximum absolute atomic E-state index is 12.7. The molecule has 2 aromatic heterocycles. The summed E-state index contributed by atoms with van der Waals surface area (Å²) in [6.45, 7) is 3.81. The second-order valence-electron chi connectivity index (χ2n) is 6.50. The largest absolute Gasteiger partial charge is 0.355 e. The van der Waals surface area contributed by atoms with E-state index in [1.807, 2.05) is 13.8 Å². The van der Waals surface area contributed by atoms with Crippen molar-refractivity contribution in [3.05, 3.63) is 23.4 Å². The van der Waals surface area contributed by atoms with E-state index in [0.717, 1.165) is 41.8 Å². The molecule has 0 aromatic carbocycles. The van der Waals surface area contributed by atoms with Gasteiger partial charge >= 0.3 is 0 Å². The molecule has 0 spiro atoms. The maximum atomic E-state index is 12.7. The van der Waals surface area contributed by atoms with Gasteiger partial charge in [-0.15, -0.1) is 11.3 Å². The Hall–Kier alpha value is -1.18. The molecule has 0 atom stereocenters. The molecule has 2 heterocycles. The number of hydrogen-bond donors (Lipinski definition) is 1. The summed E-state index contributed by atoms with van der Waals surface area (Å²) in [5.41, 5.74) is 1.78. The Bertz CT molecular complexity index is 785. The van der Waals surface area contributed by atoms with Crippen LogP contribution in [-0.4, -0.2) is 19.6 Å².